The van der Waals surface area contributed by atoms with Crippen LogP contribution in [0.1, 0.15) is 25.3 Å². The Balaban J connectivity index is 1.99. The van der Waals surface area contributed by atoms with Gasteiger partial charge in [0.05, 0.1) is 6.61 Å². The van der Waals surface area contributed by atoms with Crippen LogP contribution in [0.4, 0.5) is 0 Å². The van der Waals surface area contributed by atoms with Gasteiger partial charge in [-0.15, -0.1) is 0 Å². The van der Waals surface area contributed by atoms with Crippen LogP contribution in [-0.4, -0.2) is 18.6 Å². The largest absolute Gasteiger partial charge is 0.664 e. The Morgan fingerprint density at radius 3 is 2.36 bits per heavy atom. The van der Waals surface area contributed by atoms with E-state index in [1.165, 1.54) is 0 Å². The van der Waals surface area contributed by atoms with E-state index >= 15 is 0 Å². The number of rotatable bonds is 10. The minimum absolute atomic E-state index is 0.360. The molecule has 0 fully saturated rings. The lowest BCUT2D eigenvalue weighted by atomic mass is 10.1. The number of carbonyl (C=O) groups excluding carboxylic acids is 1. The fraction of sp³-hybridized carbons (Fsp3) is 0.316. The van der Waals surface area contributed by atoms with Crippen LogP contribution >= 0.6 is 8.18 Å². The number of ether oxygens (including phenoxy) is 1. The molecule has 2 atom stereocenters. The topological polar surface area (TPSA) is 64.6 Å². The van der Waals surface area contributed by atoms with Crippen molar-refractivity contribution in [1.29, 1.82) is 0 Å². The van der Waals surface area contributed by atoms with Gasteiger partial charge in [0.2, 0.25) is 0 Å². The van der Waals surface area contributed by atoms with Crippen molar-refractivity contribution in [2.45, 2.75) is 32.2 Å². The molecule has 0 amide bonds. The summed E-state index contributed by atoms with van der Waals surface area (Å²) >= 11 is 0. The summed E-state index contributed by atoms with van der Waals surface area (Å²) in [5.41, 5.74) is 0.954. The number of unbranched alkanes of at least 4 members (excludes halogenated alkanes) is 1. The standard InChI is InChI=1S/C19H23NO4P/c1-2-3-14-23-19(21)18(15-16-10-6-4-7-11-16)20-25(22)24-17-12-8-5-9-13-17/h4-13,18H,2-3,14-15H2,1H3,(H,20,22)/q+1. The molecule has 2 unspecified atom stereocenters. The van der Waals surface area contributed by atoms with E-state index in [4.69, 9.17) is 9.26 Å². The molecule has 0 aliphatic heterocycles. The fourth-order valence-electron chi connectivity index (χ4n) is 2.18. The van der Waals surface area contributed by atoms with Gasteiger partial charge >= 0.3 is 14.1 Å². The highest BCUT2D eigenvalue weighted by Gasteiger charge is 2.32. The molecule has 0 heterocycles. The SMILES string of the molecule is CCCCOC(=O)C(Cc1ccccc1)N[P+](=O)Oc1ccccc1. The molecule has 6 heteroatoms. The minimum Gasteiger partial charge on any atom is -0.464 e. The van der Waals surface area contributed by atoms with Gasteiger partial charge in [0.25, 0.3) is 0 Å². The van der Waals surface area contributed by atoms with Gasteiger partial charge in [-0.25, -0.2) is 4.52 Å². The molecule has 0 saturated carbocycles. The molecule has 0 radical (unpaired) electrons. The Labute approximate surface area is 149 Å². The molecular weight excluding hydrogens is 337 g/mol. The molecule has 1 N–H and O–H groups in total. The van der Waals surface area contributed by atoms with Gasteiger partial charge in [-0.05, 0) is 24.1 Å². The maximum absolute atomic E-state index is 12.3. The molecule has 0 aromatic heterocycles. The number of hydrogen-bond acceptors (Lipinski definition) is 4. The van der Waals surface area contributed by atoms with Gasteiger partial charge < -0.3 is 4.74 Å². The smallest absolute Gasteiger partial charge is 0.464 e. The number of para-hydroxylation sites is 1. The van der Waals surface area contributed by atoms with Crippen molar-refractivity contribution in [3.8, 4) is 5.75 Å². The summed E-state index contributed by atoms with van der Waals surface area (Å²) in [4.78, 5) is 12.3. The van der Waals surface area contributed by atoms with Crippen molar-refractivity contribution < 1.29 is 18.6 Å². The Morgan fingerprint density at radius 1 is 1.08 bits per heavy atom. The van der Waals surface area contributed by atoms with Crippen LogP contribution in [-0.2, 0) is 20.5 Å². The van der Waals surface area contributed by atoms with E-state index in [0.717, 1.165) is 18.4 Å². The van der Waals surface area contributed by atoms with Gasteiger partial charge in [-0.3, -0.25) is 4.79 Å². The van der Waals surface area contributed by atoms with E-state index in [0.29, 0.717) is 18.8 Å². The normalized spacial score (nSPS) is 12.3. The van der Waals surface area contributed by atoms with Crippen molar-refractivity contribution in [3.63, 3.8) is 0 Å². The van der Waals surface area contributed by atoms with Crippen molar-refractivity contribution in [2.24, 2.45) is 0 Å². The summed E-state index contributed by atoms with van der Waals surface area (Å²) in [6.07, 6.45) is 2.12. The second-order valence-corrected chi connectivity index (χ2v) is 6.51. The summed E-state index contributed by atoms with van der Waals surface area (Å²) in [6, 6.07) is 17.6. The Hall–Kier alpha value is -2.23. The van der Waals surface area contributed by atoms with Crippen molar-refractivity contribution in [1.82, 2.24) is 5.09 Å². The molecule has 0 aliphatic carbocycles. The highest BCUT2D eigenvalue weighted by atomic mass is 31.1. The second-order valence-electron chi connectivity index (χ2n) is 5.55. The number of nitrogens with one attached hydrogen (secondary N) is 1. The van der Waals surface area contributed by atoms with Crippen molar-refractivity contribution in [3.05, 3.63) is 66.2 Å². The molecule has 5 nitrogen and oxygen atoms in total. The first-order chi connectivity index (χ1) is 12.2. The highest BCUT2D eigenvalue weighted by molar-refractivity contribution is 7.37. The fourth-order valence-corrected chi connectivity index (χ4v) is 3.00. The first kappa shape index (κ1) is 19.1. The van der Waals surface area contributed by atoms with E-state index in [-0.39, 0.29) is 0 Å². The number of benzene rings is 2. The van der Waals surface area contributed by atoms with Crippen LogP contribution in [0.25, 0.3) is 0 Å². The summed E-state index contributed by atoms with van der Waals surface area (Å²) in [5.74, 6) is 0.0613. The van der Waals surface area contributed by atoms with E-state index in [1.807, 2.05) is 43.3 Å². The molecule has 0 bridgehead atoms. The number of carbonyl (C=O) groups is 1. The average Bonchev–Trinajstić information content (AvgIpc) is 2.63. The van der Waals surface area contributed by atoms with E-state index in [9.17, 15) is 9.36 Å². The summed E-state index contributed by atoms with van der Waals surface area (Å²) in [7, 11) is -2.24. The Morgan fingerprint density at radius 2 is 1.72 bits per heavy atom. The molecule has 132 valence electrons. The maximum atomic E-state index is 12.3. The molecule has 2 rings (SSSR count). The third-order valence-electron chi connectivity index (χ3n) is 3.50. The van der Waals surface area contributed by atoms with E-state index in [1.54, 1.807) is 24.3 Å². The first-order valence-electron chi connectivity index (χ1n) is 8.36. The maximum Gasteiger partial charge on any atom is 0.664 e. The van der Waals surface area contributed by atoms with Crippen LogP contribution in [0.15, 0.2) is 60.7 Å². The van der Waals surface area contributed by atoms with Crippen LogP contribution in [0.2, 0.25) is 0 Å². The first-order valence-corrected chi connectivity index (χ1v) is 9.53. The van der Waals surface area contributed by atoms with E-state index < -0.39 is 20.2 Å². The van der Waals surface area contributed by atoms with Crippen LogP contribution in [0.5, 0.6) is 5.75 Å². The average molecular weight is 360 g/mol. The highest BCUT2D eigenvalue weighted by Crippen LogP contribution is 2.24. The van der Waals surface area contributed by atoms with Gasteiger partial charge in [0.15, 0.2) is 11.8 Å². The number of esters is 1. The van der Waals surface area contributed by atoms with Gasteiger partial charge in [-0.2, -0.15) is 0 Å². The third-order valence-corrected chi connectivity index (χ3v) is 4.40. The van der Waals surface area contributed by atoms with Crippen molar-refractivity contribution >= 4 is 14.1 Å². The zero-order valence-electron chi connectivity index (χ0n) is 14.3. The lowest BCUT2D eigenvalue weighted by Crippen LogP contribution is -2.36. The predicted octanol–water partition coefficient (Wildman–Crippen LogP) is 4.27. The van der Waals surface area contributed by atoms with Gasteiger partial charge in [0, 0.05) is 11.0 Å². The lowest BCUT2D eigenvalue weighted by molar-refractivity contribution is -0.145. The van der Waals surface area contributed by atoms with E-state index in [2.05, 4.69) is 5.09 Å². The molecular formula is C19H23NO4P+. The summed E-state index contributed by atoms with van der Waals surface area (Å²) < 4.78 is 22.9. The lowest BCUT2D eigenvalue weighted by Gasteiger charge is -2.12. The second kappa shape index (κ2) is 10.6. The monoisotopic (exact) mass is 360 g/mol. The molecule has 0 saturated heterocycles. The zero-order valence-corrected chi connectivity index (χ0v) is 15.2. The predicted molar refractivity (Wildman–Crippen MR) is 97.6 cm³/mol. The number of hydrogen-bond donors (Lipinski definition) is 1. The molecule has 0 aliphatic rings. The minimum atomic E-state index is -2.24. The Bertz CT molecular complexity index is 664. The van der Waals surface area contributed by atoms with Crippen LogP contribution < -0.4 is 9.61 Å². The third kappa shape index (κ3) is 7.04. The molecule has 0 spiro atoms. The Kier molecular flexibility index (Phi) is 8.10. The van der Waals surface area contributed by atoms with Gasteiger partial charge in [-0.1, -0.05) is 67.0 Å². The zero-order chi connectivity index (χ0) is 17.9. The molecule has 25 heavy (non-hydrogen) atoms. The summed E-state index contributed by atoms with van der Waals surface area (Å²) in [5, 5.41) is 2.75. The molecule has 2 aromatic rings. The van der Waals surface area contributed by atoms with Gasteiger partial charge in [0.1, 0.15) is 0 Å². The summed E-state index contributed by atoms with van der Waals surface area (Å²) in [6.45, 7) is 2.39. The molecule has 2 aromatic carbocycles. The van der Waals surface area contributed by atoms with Crippen LogP contribution in [0, 0.1) is 0 Å². The van der Waals surface area contributed by atoms with Crippen LogP contribution in [0.3, 0.4) is 0 Å². The van der Waals surface area contributed by atoms with Crippen molar-refractivity contribution in [2.75, 3.05) is 6.61 Å². The quantitative estimate of drug-likeness (QED) is 0.389.